The molecule has 0 atom stereocenters. The van der Waals surface area contributed by atoms with Crippen molar-refractivity contribution in [3.63, 3.8) is 0 Å². The number of nitrogens with zero attached hydrogens (tertiary/aromatic N) is 2. The minimum Gasteiger partial charge on any atom is -0.310 e. The van der Waals surface area contributed by atoms with E-state index in [0.29, 0.717) is 0 Å². The SMILES string of the molecule is CC(C)(C)c1ccc(N(c2ccc(C(C)(C)C)cc2)c2cc3c(c4ccccc24)-c2cc4c(cc2C3(C)C)-c2c(cc(N(c3ccc(C(C)(C)C)cc3)c3ccc(C(C)(C)C)cc3)c3ccccc23)C4(C)C)cc1. The fraction of sp³-hybridized carbons (Fsp3) is 0.306. The molecular weight excluding hydrogens is 893 g/mol. The fourth-order valence-corrected chi connectivity index (χ4v) is 12.3. The molecule has 374 valence electrons. The summed E-state index contributed by atoms with van der Waals surface area (Å²) in [4.78, 5) is 5.01. The fourth-order valence-electron chi connectivity index (χ4n) is 12.3. The second kappa shape index (κ2) is 16.8. The van der Waals surface area contributed by atoms with E-state index in [-0.39, 0.29) is 32.5 Å². The van der Waals surface area contributed by atoms with Gasteiger partial charge in [-0.25, -0.2) is 0 Å². The Morgan fingerprint density at radius 3 is 0.770 bits per heavy atom. The molecule has 9 aromatic rings. The van der Waals surface area contributed by atoms with Gasteiger partial charge in [0.2, 0.25) is 0 Å². The number of benzene rings is 9. The van der Waals surface area contributed by atoms with Gasteiger partial charge in [0.25, 0.3) is 0 Å². The van der Waals surface area contributed by atoms with Crippen LogP contribution in [-0.2, 0) is 32.5 Å². The van der Waals surface area contributed by atoms with Crippen molar-refractivity contribution >= 4 is 55.7 Å². The van der Waals surface area contributed by atoms with Crippen molar-refractivity contribution in [2.75, 3.05) is 9.80 Å². The van der Waals surface area contributed by atoms with Crippen molar-refractivity contribution in [1.29, 1.82) is 0 Å². The molecule has 0 heterocycles. The van der Waals surface area contributed by atoms with E-state index in [1.165, 1.54) is 99.7 Å². The topological polar surface area (TPSA) is 6.48 Å². The molecule has 9 aromatic carbocycles. The van der Waals surface area contributed by atoms with Gasteiger partial charge in [0, 0.05) is 44.4 Å². The van der Waals surface area contributed by atoms with E-state index < -0.39 is 0 Å². The normalized spacial score (nSPS) is 14.7. The van der Waals surface area contributed by atoms with Gasteiger partial charge in [-0.1, -0.05) is 208 Å². The largest absolute Gasteiger partial charge is 0.310 e. The summed E-state index contributed by atoms with van der Waals surface area (Å²) in [6.07, 6.45) is 0. The number of hydrogen-bond donors (Lipinski definition) is 0. The van der Waals surface area contributed by atoms with Crippen LogP contribution in [-0.4, -0.2) is 0 Å². The summed E-state index contributed by atoms with van der Waals surface area (Å²) < 4.78 is 0. The minimum atomic E-state index is -0.284. The standard InChI is InChI=1S/C72H76N2/c1-67(2,3)45-25-33-49(34-26-45)73(50-35-27-46(28-36-50)68(4,5)6)63-43-61-65(55-23-19-17-21-53(55)63)57-41-60-58(42-59(57)71(61,13)14)66-56-24-20-18-22-54(56)64(44-62(66)72(60,15)16)74(51-37-29-47(30-38-51)69(7,8)9)52-39-31-48(32-40-52)70(10,11)12/h17-44H,1-16H3. The summed E-state index contributed by atoms with van der Waals surface area (Å²) in [5.41, 5.74) is 22.9. The second-order valence-electron chi connectivity index (χ2n) is 26.8. The lowest BCUT2D eigenvalue weighted by Gasteiger charge is -2.31. The van der Waals surface area contributed by atoms with Crippen LogP contribution in [0.1, 0.15) is 155 Å². The van der Waals surface area contributed by atoms with E-state index in [1.807, 2.05) is 0 Å². The molecule has 0 bridgehead atoms. The molecule has 0 saturated carbocycles. The molecule has 2 nitrogen and oxygen atoms in total. The first-order valence-corrected chi connectivity index (χ1v) is 27.1. The number of hydrogen-bond acceptors (Lipinski definition) is 2. The summed E-state index contributed by atoms with van der Waals surface area (Å²) in [6, 6.07) is 65.8. The minimum absolute atomic E-state index is 0.0515. The highest BCUT2D eigenvalue weighted by molar-refractivity contribution is 6.13. The van der Waals surface area contributed by atoms with Crippen LogP contribution in [0.25, 0.3) is 43.8 Å². The van der Waals surface area contributed by atoms with E-state index in [0.717, 1.165) is 22.7 Å². The third-order valence-electron chi connectivity index (χ3n) is 16.9. The molecule has 0 fully saturated rings. The average molecular weight is 969 g/mol. The lowest BCUT2D eigenvalue weighted by atomic mass is 9.79. The summed E-state index contributed by atoms with van der Waals surface area (Å²) in [6.45, 7) is 37.4. The van der Waals surface area contributed by atoms with Crippen LogP contribution in [0, 0.1) is 0 Å². The van der Waals surface area contributed by atoms with Crippen molar-refractivity contribution in [3.05, 3.63) is 214 Å². The monoisotopic (exact) mass is 969 g/mol. The van der Waals surface area contributed by atoms with Crippen LogP contribution in [0.15, 0.2) is 170 Å². The van der Waals surface area contributed by atoms with E-state index in [2.05, 4.69) is 290 Å². The Morgan fingerprint density at radius 1 is 0.284 bits per heavy atom. The Hall–Kier alpha value is -6.90. The van der Waals surface area contributed by atoms with Gasteiger partial charge >= 0.3 is 0 Å². The number of rotatable bonds is 6. The maximum Gasteiger partial charge on any atom is 0.0543 e. The molecule has 0 amide bonds. The summed E-state index contributed by atoms with van der Waals surface area (Å²) >= 11 is 0. The molecule has 0 N–H and O–H groups in total. The van der Waals surface area contributed by atoms with Gasteiger partial charge in [-0.3, -0.25) is 0 Å². The van der Waals surface area contributed by atoms with Crippen molar-refractivity contribution in [2.24, 2.45) is 0 Å². The van der Waals surface area contributed by atoms with Gasteiger partial charge < -0.3 is 9.80 Å². The molecule has 11 rings (SSSR count). The molecule has 0 aliphatic heterocycles. The Kier molecular flexibility index (Phi) is 11.2. The molecule has 2 aliphatic rings. The molecule has 0 saturated heterocycles. The van der Waals surface area contributed by atoms with Crippen LogP contribution in [0.5, 0.6) is 0 Å². The lowest BCUT2D eigenvalue weighted by molar-refractivity contribution is 0.590. The predicted octanol–water partition coefficient (Wildman–Crippen LogP) is 20.7. The first kappa shape index (κ1) is 49.3. The summed E-state index contributed by atoms with van der Waals surface area (Å²) in [7, 11) is 0. The van der Waals surface area contributed by atoms with Gasteiger partial charge in [-0.05, 0) is 172 Å². The van der Waals surface area contributed by atoms with Crippen LogP contribution >= 0.6 is 0 Å². The van der Waals surface area contributed by atoms with Crippen LogP contribution in [0.4, 0.5) is 34.1 Å². The summed E-state index contributed by atoms with van der Waals surface area (Å²) in [5, 5.41) is 5.08. The zero-order valence-corrected chi connectivity index (χ0v) is 47.1. The van der Waals surface area contributed by atoms with Gasteiger partial charge in [-0.2, -0.15) is 0 Å². The van der Waals surface area contributed by atoms with Crippen LogP contribution in [0.3, 0.4) is 0 Å². The Bertz CT molecular complexity index is 3290. The second-order valence-corrected chi connectivity index (χ2v) is 26.8. The zero-order valence-electron chi connectivity index (χ0n) is 47.1. The molecule has 74 heavy (non-hydrogen) atoms. The lowest BCUT2D eigenvalue weighted by Crippen LogP contribution is -2.18. The molecule has 2 heteroatoms. The van der Waals surface area contributed by atoms with Crippen molar-refractivity contribution in [2.45, 2.75) is 143 Å². The van der Waals surface area contributed by atoms with Crippen LogP contribution in [0.2, 0.25) is 0 Å². The molecule has 0 unspecified atom stereocenters. The van der Waals surface area contributed by atoms with Crippen LogP contribution < -0.4 is 9.80 Å². The van der Waals surface area contributed by atoms with Gasteiger partial charge in [0.15, 0.2) is 0 Å². The van der Waals surface area contributed by atoms with E-state index in [1.54, 1.807) is 0 Å². The molecule has 0 radical (unpaired) electrons. The average Bonchev–Trinajstić information content (AvgIpc) is 3.71. The molecule has 2 aliphatic carbocycles. The first-order valence-electron chi connectivity index (χ1n) is 27.1. The molecule has 0 aromatic heterocycles. The van der Waals surface area contributed by atoms with E-state index in [4.69, 9.17) is 0 Å². The van der Waals surface area contributed by atoms with Crippen molar-refractivity contribution < 1.29 is 0 Å². The quantitative estimate of drug-likeness (QED) is 0.164. The molecule has 0 spiro atoms. The predicted molar refractivity (Wildman–Crippen MR) is 321 cm³/mol. The number of fused-ring (bicyclic) bond motifs is 10. The third kappa shape index (κ3) is 7.98. The highest BCUT2D eigenvalue weighted by Crippen LogP contribution is 2.61. The van der Waals surface area contributed by atoms with Gasteiger partial charge in [-0.15, -0.1) is 0 Å². The summed E-state index contributed by atoms with van der Waals surface area (Å²) in [5.74, 6) is 0. The Morgan fingerprint density at radius 2 is 0.527 bits per heavy atom. The maximum atomic E-state index is 2.60. The van der Waals surface area contributed by atoms with E-state index >= 15 is 0 Å². The zero-order chi connectivity index (χ0) is 52.7. The first-order chi connectivity index (χ1) is 34.7. The highest BCUT2D eigenvalue weighted by Gasteiger charge is 2.44. The number of anilines is 6. The van der Waals surface area contributed by atoms with Gasteiger partial charge in [0.05, 0.1) is 11.4 Å². The van der Waals surface area contributed by atoms with E-state index in [9.17, 15) is 0 Å². The highest BCUT2D eigenvalue weighted by atomic mass is 15.1. The third-order valence-corrected chi connectivity index (χ3v) is 16.9. The van der Waals surface area contributed by atoms with Crippen molar-refractivity contribution in [1.82, 2.24) is 0 Å². The Labute approximate surface area is 443 Å². The smallest absolute Gasteiger partial charge is 0.0543 e. The Balaban J connectivity index is 1.10. The van der Waals surface area contributed by atoms with Crippen molar-refractivity contribution in [3.8, 4) is 22.3 Å². The molecular formula is C72H76N2. The van der Waals surface area contributed by atoms with Gasteiger partial charge in [0.1, 0.15) is 0 Å². The maximum absolute atomic E-state index is 2.60.